The molecule has 0 saturated heterocycles. The highest BCUT2D eigenvalue weighted by molar-refractivity contribution is 5.45. The lowest BCUT2D eigenvalue weighted by molar-refractivity contribution is 0.702. The molecule has 0 aromatic carbocycles. The van der Waals surface area contributed by atoms with E-state index in [4.69, 9.17) is 5.73 Å². The van der Waals surface area contributed by atoms with Crippen molar-refractivity contribution in [2.24, 2.45) is 5.73 Å². The smallest absolute Gasteiger partial charge is 0.137 e. The molecule has 0 aliphatic heterocycles. The van der Waals surface area contributed by atoms with Crippen LogP contribution in [0.3, 0.4) is 0 Å². The minimum Gasteiger partial charge on any atom is -0.330 e. The molecule has 2 heterocycles. The summed E-state index contributed by atoms with van der Waals surface area (Å²) in [5, 5.41) is 0. The number of nitrogens with zero attached hydrogens (tertiary/aromatic N) is 2. The van der Waals surface area contributed by atoms with Gasteiger partial charge in [0.2, 0.25) is 0 Å². The Bertz CT molecular complexity index is 485. The molecule has 2 rings (SSSR count). The lowest BCUT2D eigenvalue weighted by atomic mass is 10.00. The number of hydrogen-bond donors (Lipinski definition) is 1. The number of aromatic nitrogens is 2. The fourth-order valence-corrected chi connectivity index (χ4v) is 2.06. The van der Waals surface area contributed by atoms with E-state index in [2.05, 4.69) is 36.4 Å². The van der Waals surface area contributed by atoms with Gasteiger partial charge in [0.1, 0.15) is 5.65 Å². The summed E-state index contributed by atoms with van der Waals surface area (Å²) in [6.07, 6.45) is 2.07. The molecule has 2 N–H and O–H groups in total. The number of rotatable bonds is 3. The van der Waals surface area contributed by atoms with Crippen molar-refractivity contribution in [3.8, 4) is 0 Å². The van der Waals surface area contributed by atoms with E-state index >= 15 is 0 Å². The van der Waals surface area contributed by atoms with Crippen molar-refractivity contribution >= 4 is 5.65 Å². The molecule has 0 fully saturated rings. The van der Waals surface area contributed by atoms with Crippen LogP contribution >= 0.6 is 0 Å². The van der Waals surface area contributed by atoms with E-state index in [0.29, 0.717) is 18.4 Å². The maximum atomic E-state index is 5.78. The molecule has 0 amide bonds. The van der Waals surface area contributed by atoms with Gasteiger partial charge in [-0.25, -0.2) is 4.98 Å². The van der Waals surface area contributed by atoms with E-state index in [-0.39, 0.29) is 0 Å². The molecular weight excluding hydrogens is 198 g/mol. The van der Waals surface area contributed by atoms with E-state index in [1.54, 1.807) is 0 Å². The van der Waals surface area contributed by atoms with Crippen LogP contribution in [0, 0.1) is 0 Å². The average molecular weight is 217 g/mol. The number of nitrogens with two attached hydrogens (primary N) is 1. The lowest BCUT2D eigenvalue weighted by Gasteiger charge is -2.12. The highest BCUT2D eigenvalue weighted by Gasteiger charge is 2.18. The van der Waals surface area contributed by atoms with Crippen molar-refractivity contribution in [3.63, 3.8) is 0 Å². The van der Waals surface area contributed by atoms with Crippen LogP contribution in [0.1, 0.15) is 44.0 Å². The molecule has 0 aliphatic carbocycles. The van der Waals surface area contributed by atoms with Crippen LogP contribution in [0.4, 0.5) is 0 Å². The van der Waals surface area contributed by atoms with Gasteiger partial charge in [0.25, 0.3) is 0 Å². The fourth-order valence-electron chi connectivity index (χ4n) is 2.06. The largest absolute Gasteiger partial charge is 0.330 e. The van der Waals surface area contributed by atoms with Gasteiger partial charge in [-0.3, -0.25) is 0 Å². The van der Waals surface area contributed by atoms with Gasteiger partial charge < -0.3 is 10.1 Å². The van der Waals surface area contributed by atoms with Crippen molar-refractivity contribution in [1.29, 1.82) is 0 Å². The van der Waals surface area contributed by atoms with Crippen molar-refractivity contribution in [1.82, 2.24) is 9.38 Å². The number of pyridine rings is 1. The SMILES string of the molecule is CC(C)c1nc2ccccn2c1C(C)CN. The molecule has 0 radical (unpaired) electrons. The van der Waals surface area contributed by atoms with Crippen LogP contribution in [0.5, 0.6) is 0 Å². The highest BCUT2D eigenvalue weighted by atomic mass is 15.0. The summed E-state index contributed by atoms with van der Waals surface area (Å²) in [5.41, 5.74) is 9.23. The Kier molecular flexibility index (Phi) is 2.97. The third-order valence-electron chi connectivity index (χ3n) is 2.96. The number of hydrogen-bond acceptors (Lipinski definition) is 2. The van der Waals surface area contributed by atoms with Crippen molar-refractivity contribution in [2.45, 2.75) is 32.6 Å². The van der Waals surface area contributed by atoms with E-state index in [9.17, 15) is 0 Å². The Balaban J connectivity index is 2.69. The molecule has 0 spiro atoms. The van der Waals surface area contributed by atoms with Crippen LogP contribution in [0.15, 0.2) is 24.4 Å². The summed E-state index contributed by atoms with van der Waals surface area (Å²) in [4.78, 5) is 4.69. The molecule has 86 valence electrons. The zero-order valence-corrected chi connectivity index (χ0v) is 10.1. The van der Waals surface area contributed by atoms with Crippen molar-refractivity contribution in [2.75, 3.05) is 6.54 Å². The molecule has 3 heteroatoms. The number of fused-ring (bicyclic) bond motifs is 1. The Hall–Kier alpha value is -1.35. The summed E-state index contributed by atoms with van der Waals surface area (Å²) in [5.74, 6) is 0.777. The summed E-state index contributed by atoms with van der Waals surface area (Å²) in [7, 11) is 0. The van der Waals surface area contributed by atoms with Crippen molar-refractivity contribution < 1.29 is 0 Å². The first kappa shape index (κ1) is 11.1. The lowest BCUT2D eigenvalue weighted by Crippen LogP contribution is -2.13. The quantitative estimate of drug-likeness (QED) is 0.858. The van der Waals surface area contributed by atoms with Gasteiger partial charge >= 0.3 is 0 Å². The third-order valence-corrected chi connectivity index (χ3v) is 2.96. The molecule has 2 aromatic heterocycles. The molecule has 2 aromatic rings. The predicted octanol–water partition coefficient (Wildman–Crippen LogP) is 2.52. The molecule has 0 bridgehead atoms. The topological polar surface area (TPSA) is 43.3 Å². The Morgan fingerprint density at radius 1 is 1.31 bits per heavy atom. The standard InChI is InChI=1S/C13H19N3/c1-9(2)12-13(10(3)8-14)16-7-5-4-6-11(16)15-12/h4-7,9-10H,8,14H2,1-3H3. The van der Waals surface area contributed by atoms with Gasteiger partial charge in [0, 0.05) is 24.4 Å². The minimum absolute atomic E-state index is 0.342. The second-order valence-electron chi connectivity index (χ2n) is 4.60. The summed E-state index contributed by atoms with van der Waals surface area (Å²) >= 11 is 0. The monoisotopic (exact) mass is 217 g/mol. The van der Waals surface area contributed by atoms with Gasteiger partial charge in [-0.05, 0) is 18.1 Å². The van der Waals surface area contributed by atoms with E-state index in [0.717, 1.165) is 5.65 Å². The zero-order chi connectivity index (χ0) is 11.7. The first-order valence-electron chi connectivity index (χ1n) is 5.82. The van der Waals surface area contributed by atoms with Gasteiger partial charge in [-0.1, -0.05) is 26.8 Å². The number of imidazole rings is 1. The van der Waals surface area contributed by atoms with Crippen molar-refractivity contribution in [3.05, 3.63) is 35.8 Å². The Labute approximate surface area is 96.3 Å². The summed E-state index contributed by atoms with van der Waals surface area (Å²) < 4.78 is 2.16. The molecule has 16 heavy (non-hydrogen) atoms. The van der Waals surface area contributed by atoms with Crippen LogP contribution < -0.4 is 5.73 Å². The first-order valence-corrected chi connectivity index (χ1v) is 5.82. The molecule has 0 aliphatic rings. The maximum Gasteiger partial charge on any atom is 0.137 e. The normalized spacial score (nSPS) is 13.6. The van der Waals surface area contributed by atoms with Gasteiger partial charge in [-0.2, -0.15) is 0 Å². The van der Waals surface area contributed by atoms with Crippen LogP contribution in [-0.4, -0.2) is 15.9 Å². The fraction of sp³-hybridized carbons (Fsp3) is 0.462. The zero-order valence-electron chi connectivity index (χ0n) is 10.1. The molecule has 1 atom stereocenters. The maximum absolute atomic E-state index is 5.78. The summed E-state index contributed by atoms with van der Waals surface area (Å²) in [6.45, 7) is 7.16. The highest BCUT2D eigenvalue weighted by Crippen LogP contribution is 2.26. The predicted molar refractivity (Wildman–Crippen MR) is 66.8 cm³/mol. The van der Waals surface area contributed by atoms with Gasteiger partial charge in [-0.15, -0.1) is 0 Å². The van der Waals surface area contributed by atoms with Crippen LogP contribution in [0.25, 0.3) is 5.65 Å². The molecule has 3 nitrogen and oxygen atoms in total. The van der Waals surface area contributed by atoms with E-state index in [1.165, 1.54) is 11.4 Å². The molecular formula is C13H19N3. The average Bonchev–Trinajstić information content (AvgIpc) is 2.67. The Morgan fingerprint density at radius 2 is 2.06 bits per heavy atom. The van der Waals surface area contributed by atoms with Gasteiger partial charge in [0.15, 0.2) is 0 Å². The third kappa shape index (κ3) is 1.71. The van der Waals surface area contributed by atoms with E-state index < -0.39 is 0 Å². The van der Waals surface area contributed by atoms with Gasteiger partial charge in [0.05, 0.1) is 5.69 Å². The minimum atomic E-state index is 0.342. The second kappa shape index (κ2) is 4.26. The van der Waals surface area contributed by atoms with Crippen LogP contribution in [0.2, 0.25) is 0 Å². The first-order chi connectivity index (χ1) is 7.65. The molecule has 1 unspecified atom stereocenters. The molecule has 0 saturated carbocycles. The Morgan fingerprint density at radius 3 is 2.69 bits per heavy atom. The van der Waals surface area contributed by atoms with E-state index in [1.807, 2.05) is 18.2 Å². The van der Waals surface area contributed by atoms with Crippen LogP contribution in [-0.2, 0) is 0 Å². The second-order valence-corrected chi connectivity index (χ2v) is 4.60. The summed E-state index contributed by atoms with van der Waals surface area (Å²) in [6, 6.07) is 6.09.